The summed E-state index contributed by atoms with van der Waals surface area (Å²) < 4.78 is 0. The maximum Gasteiger partial charge on any atom is 0.142 e. The van der Waals surface area contributed by atoms with Gasteiger partial charge in [0.1, 0.15) is 6.29 Å². The summed E-state index contributed by atoms with van der Waals surface area (Å²) in [6.07, 6.45) is 9.69. The Kier molecular flexibility index (Phi) is 6.52. The Bertz CT molecular complexity index is 180. The molecule has 0 aromatic carbocycles. The molecule has 0 radical (unpaired) electrons. The third kappa shape index (κ3) is 5.21. The Morgan fingerprint density at radius 2 is 1.93 bits per heavy atom. The van der Waals surface area contributed by atoms with E-state index in [1.807, 2.05) is 0 Å². The van der Waals surface area contributed by atoms with Gasteiger partial charge < -0.3 is 0 Å². The fourth-order valence-electron chi connectivity index (χ4n) is 1.75. The zero-order valence-corrected chi connectivity index (χ0v) is 10.0. The SMILES string of the molecule is C/C=C/C=O.CC1CCCCC1(C)C. The van der Waals surface area contributed by atoms with Crippen molar-refractivity contribution >= 4 is 6.29 Å². The molecule has 0 heterocycles. The highest BCUT2D eigenvalue weighted by molar-refractivity contribution is 5.64. The lowest BCUT2D eigenvalue weighted by molar-refractivity contribution is -0.104. The van der Waals surface area contributed by atoms with E-state index < -0.39 is 0 Å². The number of hydrogen-bond acceptors (Lipinski definition) is 1. The zero-order valence-electron chi connectivity index (χ0n) is 10.0. The smallest absolute Gasteiger partial charge is 0.142 e. The lowest BCUT2D eigenvalue weighted by Gasteiger charge is -2.36. The highest BCUT2D eigenvalue weighted by Gasteiger charge is 2.27. The second-order valence-electron chi connectivity index (χ2n) is 4.80. The highest BCUT2D eigenvalue weighted by Crippen LogP contribution is 2.39. The van der Waals surface area contributed by atoms with E-state index in [1.54, 1.807) is 13.0 Å². The maximum absolute atomic E-state index is 9.32. The van der Waals surface area contributed by atoms with Crippen LogP contribution in [0.1, 0.15) is 53.4 Å². The maximum atomic E-state index is 9.32. The summed E-state index contributed by atoms with van der Waals surface area (Å²) in [5, 5.41) is 0. The van der Waals surface area contributed by atoms with Gasteiger partial charge in [0.15, 0.2) is 0 Å². The van der Waals surface area contributed by atoms with Crippen LogP contribution in [0.25, 0.3) is 0 Å². The van der Waals surface area contributed by atoms with Crippen molar-refractivity contribution in [2.24, 2.45) is 11.3 Å². The van der Waals surface area contributed by atoms with E-state index in [1.165, 1.54) is 31.8 Å². The van der Waals surface area contributed by atoms with Gasteiger partial charge in [0, 0.05) is 0 Å². The molecule has 1 unspecified atom stereocenters. The molecule has 1 rings (SSSR count). The molecule has 0 saturated heterocycles. The summed E-state index contributed by atoms with van der Waals surface area (Å²) >= 11 is 0. The summed E-state index contributed by atoms with van der Waals surface area (Å²) in [5.41, 5.74) is 0.637. The van der Waals surface area contributed by atoms with E-state index in [-0.39, 0.29) is 0 Å². The molecular formula is C13H24O. The molecular weight excluding hydrogens is 172 g/mol. The first kappa shape index (κ1) is 13.4. The molecule has 1 aliphatic carbocycles. The summed E-state index contributed by atoms with van der Waals surface area (Å²) in [5.74, 6) is 0.950. The van der Waals surface area contributed by atoms with E-state index in [0.29, 0.717) is 5.41 Å². The molecule has 0 spiro atoms. The van der Waals surface area contributed by atoms with Crippen LogP contribution >= 0.6 is 0 Å². The van der Waals surface area contributed by atoms with Gasteiger partial charge in [-0.15, -0.1) is 0 Å². The standard InChI is InChI=1S/C9H18.C4H6O/c1-8-6-4-5-7-9(8,2)3;1-2-3-4-5/h8H,4-7H2,1-3H3;2-4H,1H3/b;3-2+. The Balaban J connectivity index is 0.000000292. The molecule has 0 bridgehead atoms. The third-order valence-electron chi connectivity index (χ3n) is 3.31. The normalized spacial score (nSPS) is 25.3. The second-order valence-corrected chi connectivity index (χ2v) is 4.80. The average molecular weight is 196 g/mol. The predicted octanol–water partition coefficient (Wildman–Crippen LogP) is 3.98. The summed E-state index contributed by atoms with van der Waals surface area (Å²) in [6.45, 7) is 8.99. The van der Waals surface area contributed by atoms with Gasteiger partial charge in [-0.1, -0.05) is 46.1 Å². The molecule has 1 atom stereocenters. The van der Waals surface area contributed by atoms with Crippen LogP contribution in [0.15, 0.2) is 12.2 Å². The number of aldehydes is 1. The van der Waals surface area contributed by atoms with Gasteiger partial charge in [0.25, 0.3) is 0 Å². The number of allylic oxidation sites excluding steroid dienone is 2. The minimum absolute atomic E-state index is 0.637. The van der Waals surface area contributed by atoms with Crippen LogP contribution in [-0.2, 0) is 4.79 Å². The van der Waals surface area contributed by atoms with Crippen LogP contribution in [-0.4, -0.2) is 6.29 Å². The van der Waals surface area contributed by atoms with E-state index in [4.69, 9.17) is 0 Å². The second kappa shape index (κ2) is 6.80. The predicted molar refractivity (Wildman–Crippen MR) is 62.3 cm³/mol. The van der Waals surface area contributed by atoms with Gasteiger partial charge in [-0.25, -0.2) is 0 Å². The fourth-order valence-corrected chi connectivity index (χ4v) is 1.75. The van der Waals surface area contributed by atoms with Crippen LogP contribution in [0.4, 0.5) is 0 Å². The molecule has 82 valence electrons. The van der Waals surface area contributed by atoms with Gasteiger partial charge in [0.05, 0.1) is 0 Å². The largest absolute Gasteiger partial charge is 0.299 e. The van der Waals surface area contributed by atoms with Crippen molar-refractivity contribution in [2.45, 2.75) is 53.4 Å². The Labute approximate surface area is 88.6 Å². The van der Waals surface area contributed by atoms with Gasteiger partial charge in [-0.05, 0) is 30.8 Å². The van der Waals surface area contributed by atoms with Crippen molar-refractivity contribution in [3.63, 3.8) is 0 Å². The number of carbonyl (C=O) groups is 1. The molecule has 1 nitrogen and oxygen atoms in total. The van der Waals surface area contributed by atoms with Gasteiger partial charge in [0.2, 0.25) is 0 Å². The number of carbonyl (C=O) groups excluding carboxylic acids is 1. The van der Waals surface area contributed by atoms with E-state index in [2.05, 4.69) is 20.8 Å². The zero-order chi connectivity index (χ0) is 11.0. The first-order chi connectivity index (χ1) is 6.54. The average Bonchev–Trinajstić information content (AvgIpc) is 2.13. The summed E-state index contributed by atoms with van der Waals surface area (Å²) in [6, 6.07) is 0. The van der Waals surface area contributed by atoms with Crippen molar-refractivity contribution in [1.29, 1.82) is 0 Å². The minimum atomic E-state index is 0.637. The summed E-state index contributed by atoms with van der Waals surface area (Å²) in [7, 11) is 0. The molecule has 0 amide bonds. The van der Waals surface area contributed by atoms with E-state index >= 15 is 0 Å². The fraction of sp³-hybridized carbons (Fsp3) is 0.769. The molecule has 14 heavy (non-hydrogen) atoms. The van der Waals surface area contributed by atoms with Crippen molar-refractivity contribution in [1.82, 2.24) is 0 Å². The summed E-state index contributed by atoms with van der Waals surface area (Å²) in [4.78, 5) is 9.32. The van der Waals surface area contributed by atoms with Crippen LogP contribution in [0.3, 0.4) is 0 Å². The topological polar surface area (TPSA) is 17.1 Å². The number of rotatable bonds is 1. The van der Waals surface area contributed by atoms with E-state index in [9.17, 15) is 4.79 Å². The molecule has 0 aromatic heterocycles. The lowest BCUT2D eigenvalue weighted by Crippen LogP contribution is -2.24. The first-order valence-corrected chi connectivity index (χ1v) is 5.61. The molecule has 1 fully saturated rings. The Morgan fingerprint density at radius 1 is 1.29 bits per heavy atom. The highest BCUT2D eigenvalue weighted by atomic mass is 16.1. The van der Waals surface area contributed by atoms with Crippen LogP contribution in [0.5, 0.6) is 0 Å². The molecule has 0 N–H and O–H groups in total. The monoisotopic (exact) mass is 196 g/mol. The molecule has 1 aliphatic rings. The van der Waals surface area contributed by atoms with Gasteiger partial charge in [-0.3, -0.25) is 4.79 Å². The molecule has 1 heteroatoms. The van der Waals surface area contributed by atoms with Crippen molar-refractivity contribution in [2.75, 3.05) is 0 Å². The Morgan fingerprint density at radius 3 is 2.14 bits per heavy atom. The van der Waals surface area contributed by atoms with Crippen molar-refractivity contribution < 1.29 is 4.79 Å². The number of hydrogen-bond donors (Lipinski definition) is 0. The lowest BCUT2D eigenvalue weighted by atomic mass is 9.70. The van der Waals surface area contributed by atoms with E-state index in [0.717, 1.165) is 12.2 Å². The van der Waals surface area contributed by atoms with Gasteiger partial charge in [-0.2, -0.15) is 0 Å². The quantitative estimate of drug-likeness (QED) is 0.458. The third-order valence-corrected chi connectivity index (χ3v) is 3.31. The molecule has 0 aromatic rings. The van der Waals surface area contributed by atoms with Crippen LogP contribution in [0, 0.1) is 11.3 Å². The van der Waals surface area contributed by atoms with Crippen LogP contribution in [0.2, 0.25) is 0 Å². The van der Waals surface area contributed by atoms with Crippen LogP contribution < -0.4 is 0 Å². The minimum Gasteiger partial charge on any atom is -0.299 e. The molecule has 1 saturated carbocycles. The van der Waals surface area contributed by atoms with Gasteiger partial charge >= 0.3 is 0 Å². The van der Waals surface area contributed by atoms with Crippen molar-refractivity contribution in [3.8, 4) is 0 Å². The Hall–Kier alpha value is -0.590. The van der Waals surface area contributed by atoms with Crippen molar-refractivity contribution in [3.05, 3.63) is 12.2 Å². The molecule has 0 aliphatic heterocycles. The first-order valence-electron chi connectivity index (χ1n) is 5.61.